The molecule has 0 amide bonds. The Kier molecular flexibility index (Phi) is 4.46. The lowest BCUT2D eigenvalue weighted by molar-refractivity contribution is 0.317. The van der Waals surface area contributed by atoms with Gasteiger partial charge in [0.25, 0.3) is 0 Å². The van der Waals surface area contributed by atoms with Crippen LogP contribution in [0, 0.1) is 0 Å². The van der Waals surface area contributed by atoms with Crippen LogP contribution < -0.4 is 0 Å². The maximum Gasteiger partial charge on any atom is 0.0658 e. The summed E-state index contributed by atoms with van der Waals surface area (Å²) in [5.74, 6) is -0.112. The van der Waals surface area contributed by atoms with Gasteiger partial charge >= 0.3 is 0 Å². The third kappa shape index (κ3) is 3.28. The molecule has 0 bridgehead atoms. The fourth-order valence-corrected chi connectivity index (χ4v) is 2.30. The monoisotopic (exact) mass is 293 g/mol. The van der Waals surface area contributed by atoms with Crippen molar-refractivity contribution in [1.82, 2.24) is 0 Å². The zero-order chi connectivity index (χ0) is 13.8. The van der Waals surface area contributed by atoms with Gasteiger partial charge in [-0.05, 0) is 42.3 Å². The average Bonchev–Trinajstić information content (AvgIpc) is 2.43. The van der Waals surface area contributed by atoms with Crippen molar-refractivity contribution in [2.45, 2.75) is 12.8 Å². The molecule has 2 aromatic rings. The highest BCUT2D eigenvalue weighted by molar-refractivity contribution is 6.30. The summed E-state index contributed by atoms with van der Waals surface area (Å²) in [4.78, 5) is 0. The molecule has 0 aliphatic carbocycles. The van der Waals surface area contributed by atoms with Gasteiger partial charge in [-0.2, -0.15) is 0 Å². The maximum atomic E-state index is 9.07. The number of rotatable bonds is 3. The molecule has 1 N–H and O–H groups in total. The van der Waals surface area contributed by atoms with Crippen LogP contribution in [0.3, 0.4) is 0 Å². The van der Waals surface area contributed by atoms with Gasteiger partial charge in [-0.3, -0.25) is 0 Å². The van der Waals surface area contributed by atoms with E-state index in [1.807, 2.05) is 48.5 Å². The van der Waals surface area contributed by atoms with Gasteiger partial charge in [0, 0.05) is 10.0 Å². The van der Waals surface area contributed by atoms with Crippen molar-refractivity contribution in [3.8, 4) is 0 Å². The van der Waals surface area contributed by atoms with Gasteiger partial charge in [0.2, 0.25) is 0 Å². The molecule has 0 saturated heterocycles. The molecule has 98 valence electrons. The topological polar surface area (TPSA) is 32.6 Å². The number of oxime groups is 1. The molecule has 2 aromatic carbocycles. The Bertz CT molecular complexity index is 531. The fourth-order valence-electron chi connectivity index (χ4n) is 2.04. The quantitative estimate of drug-likeness (QED) is 0.483. The van der Waals surface area contributed by atoms with E-state index in [0.717, 1.165) is 11.1 Å². The standard InChI is InChI=1S/C15H13Cl2NO/c1-10(18-19)15(11-2-6-13(16)7-3-11)12-4-8-14(17)9-5-12/h2-9,15,19H,1H3/b18-10+. The first-order chi connectivity index (χ1) is 9.11. The van der Waals surface area contributed by atoms with Crippen molar-refractivity contribution in [1.29, 1.82) is 0 Å². The van der Waals surface area contributed by atoms with Crippen LogP contribution >= 0.6 is 23.2 Å². The molecule has 0 saturated carbocycles. The highest BCUT2D eigenvalue weighted by Gasteiger charge is 2.18. The number of benzene rings is 2. The lowest BCUT2D eigenvalue weighted by Gasteiger charge is -2.17. The molecule has 0 aliphatic heterocycles. The van der Waals surface area contributed by atoms with E-state index in [9.17, 15) is 0 Å². The summed E-state index contributed by atoms with van der Waals surface area (Å²) in [7, 11) is 0. The Balaban J connectivity index is 2.47. The normalized spacial score (nSPS) is 11.9. The lowest BCUT2D eigenvalue weighted by atomic mass is 9.88. The molecule has 2 nitrogen and oxygen atoms in total. The van der Waals surface area contributed by atoms with Crippen LogP contribution in [0.2, 0.25) is 10.0 Å². The fraction of sp³-hybridized carbons (Fsp3) is 0.133. The largest absolute Gasteiger partial charge is 0.411 e. The highest BCUT2D eigenvalue weighted by Crippen LogP contribution is 2.28. The molecule has 0 aromatic heterocycles. The Labute approximate surface area is 122 Å². The minimum absolute atomic E-state index is 0.112. The van der Waals surface area contributed by atoms with Gasteiger partial charge in [0.15, 0.2) is 0 Å². The first kappa shape index (κ1) is 13.9. The summed E-state index contributed by atoms with van der Waals surface area (Å²) in [6.07, 6.45) is 0. The van der Waals surface area contributed by atoms with Gasteiger partial charge in [-0.25, -0.2) is 0 Å². The summed E-state index contributed by atoms with van der Waals surface area (Å²) >= 11 is 11.8. The van der Waals surface area contributed by atoms with E-state index < -0.39 is 0 Å². The van der Waals surface area contributed by atoms with E-state index in [4.69, 9.17) is 28.4 Å². The molecule has 0 atom stereocenters. The van der Waals surface area contributed by atoms with Gasteiger partial charge in [0.05, 0.1) is 11.6 Å². The second-order valence-electron chi connectivity index (χ2n) is 4.28. The first-order valence-electron chi connectivity index (χ1n) is 5.81. The van der Waals surface area contributed by atoms with Gasteiger partial charge < -0.3 is 5.21 Å². The molecule has 4 heteroatoms. The van der Waals surface area contributed by atoms with Crippen LogP contribution in [-0.4, -0.2) is 10.9 Å². The third-order valence-electron chi connectivity index (χ3n) is 2.98. The van der Waals surface area contributed by atoms with E-state index in [0.29, 0.717) is 15.8 Å². The molecule has 0 radical (unpaired) electrons. The zero-order valence-corrected chi connectivity index (χ0v) is 11.9. The van der Waals surface area contributed by atoms with E-state index in [1.165, 1.54) is 0 Å². The van der Waals surface area contributed by atoms with E-state index in [-0.39, 0.29) is 5.92 Å². The van der Waals surface area contributed by atoms with E-state index in [2.05, 4.69) is 5.16 Å². The Hall–Kier alpha value is -1.51. The summed E-state index contributed by atoms with van der Waals surface area (Å²) in [5.41, 5.74) is 2.65. The Morgan fingerprint density at radius 2 is 1.26 bits per heavy atom. The van der Waals surface area contributed by atoms with Gasteiger partial charge in [-0.1, -0.05) is 52.6 Å². The highest BCUT2D eigenvalue weighted by atomic mass is 35.5. The van der Waals surface area contributed by atoms with E-state index >= 15 is 0 Å². The summed E-state index contributed by atoms with van der Waals surface area (Å²) in [5, 5.41) is 13.8. The minimum atomic E-state index is -0.112. The second-order valence-corrected chi connectivity index (χ2v) is 5.15. The van der Waals surface area contributed by atoms with Crippen molar-refractivity contribution in [3.05, 3.63) is 69.7 Å². The summed E-state index contributed by atoms with van der Waals surface area (Å²) < 4.78 is 0. The van der Waals surface area contributed by atoms with Crippen LogP contribution in [0.5, 0.6) is 0 Å². The molecule has 0 heterocycles. The molecular formula is C15H13Cl2NO. The van der Waals surface area contributed by atoms with Crippen LogP contribution in [-0.2, 0) is 0 Å². The van der Waals surface area contributed by atoms with E-state index in [1.54, 1.807) is 6.92 Å². The first-order valence-corrected chi connectivity index (χ1v) is 6.57. The zero-order valence-electron chi connectivity index (χ0n) is 10.3. The minimum Gasteiger partial charge on any atom is -0.411 e. The number of hydrogen-bond donors (Lipinski definition) is 1. The lowest BCUT2D eigenvalue weighted by Crippen LogP contribution is -2.11. The van der Waals surface area contributed by atoms with Crippen LogP contribution in [0.4, 0.5) is 0 Å². The predicted molar refractivity (Wildman–Crippen MR) is 79.6 cm³/mol. The molecular weight excluding hydrogens is 281 g/mol. The molecule has 0 unspecified atom stereocenters. The maximum absolute atomic E-state index is 9.07. The van der Waals surface area contributed by atoms with Crippen molar-refractivity contribution < 1.29 is 5.21 Å². The SMILES string of the molecule is C/C(=N\O)C(c1ccc(Cl)cc1)c1ccc(Cl)cc1. The Morgan fingerprint density at radius 3 is 1.58 bits per heavy atom. The Morgan fingerprint density at radius 1 is 0.895 bits per heavy atom. The van der Waals surface area contributed by atoms with Gasteiger partial charge in [0.1, 0.15) is 0 Å². The van der Waals surface area contributed by atoms with Crippen molar-refractivity contribution in [2.75, 3.05) is 0 Å². The smallest absolute Gasteiger partial charge is 0.0658 e. The van der Waals surface area contributed by atoms with Crippen LogP contribution in [0.1, 0.15) is 24.0 Å². The molecule has 19 heavy (non-hydrogen) atoms. The van der Waals surface area contributed by atoms with Crippen molar-refractivity contribution in [2.24, 2.45) is 5.16 Å². The van der Waals surface area contributed by atoms with Crippen LogP contribution in [0.15, 0.2) is 53.7 Å². The van der Waals surface area contributed by atoms with Crippen molar-refractivity contribution >= 4 is 28.9 Å². The molecule has 0 fully saturated rings. The molecule has 0 spiro atoms. The third-order valence-corrected chi connectivity index (χ3v) is 3.49. The second kappa shape index (κ2) is 6.09. The molecule has 2 rings (SSSR count). The summed E-state index contributed by atoms with van der Waals surface area (Å²) in [6.45, 7) is 1.79. The number of halogens is 2. The average molecular weight is 294 g/mol. The molecule has 0 aliphatic rings. The van der Waals surface area contributed by atoms with Gasteiger partial charge in [-0.15, -0.1) is 0 Å². The summed E-state index contributed by atoms with van der Waals surface area (Å²) in [6, 6.07) is 15.0. The van der Waals surface area contributed by atoms with Crippen LogP contribution in [0.25, 0.3) is 0 Å². The number of hydrogen-bond acceptors (Lipinski definition) is 2. The number of nitrogens with zero attached hydrogens (tertiary/aromatic N) is 1. The van der Waals surface area contributed by atoms with Crippen molar-refractivity contribution in [3.63, 3.8) is 0 Å². The predicted octanol–water partition coefficient (Wildman–Crippen LogP) is 4.98.